The average Bonchev–Trinajstić information content (AvgIpc) is 1.64. The number of hydrogen-bond donors (Lipinski definition) is 0. The van der Waals surface area contributed by atoms with Gasteiger partial charge in [0.25, 0.3) is 0 Å². The molecule has 0 spiro atoms. The van der Waals surface area contributed by atoms with Crippen molar-refractivity contribution in [3.05, 3.63) is 24.3 Å². The maximum absolute atomic E-state index is 2.34. The van der Waals surface area contributed by atoms with Gasteiger partial charge in [0.15, 0.2) is 0 Å². The van der Waals surface area contributed by atoms with E-state index < -0.39 is 0 Å². The van der Waals surface area contributed by atoms with Gasteiger partial charge in [0.2, 0.25) is 0 Å². The van der Waals surface area contributed by atoms with Crippen LogP contribution in [0.5, 0.6) is 0 Å². The van der Waals surface area contributed by atoms with Crippen molar-refractivity contribution >= 4 is 6.14 Å². The molecule has 0 saturated carbocycles. The summed E-state index contributed by atoms with van der Waals surface area (Å²) in [5.41, 5.74) is 0. The first-order chi connectivity index (χ1) is 3.79. The monoisotopic (exact) mass is 480 g/mol. The standard InChI is InChI=1S/C6H4.2Hg/c1-2-4-6-5-3-1;;/h1-3,6H;;. The van der Waals surface area contributed by atoms with Crippen molar-refractivity contribution in [2.45, 2.75) is 0 Å². The van der Waals surface area contributed by atoms with E-state index in [0.29, 0.717) is 0 Å². The molecule has 0 heterocycles. The van der Waals surface area contributed by atoms with Gasteiger partial charge in [0.1, 0.15) is 0 Å². The molecule has 0 radical (unpaired) electrons. The van der Waals surface area contributed by atoms with Crippen LogP contribution in [0.15, 0.2) is 24.3 Å². The summed E-state index contributed by atoms with van der Waals surface area (Å²) in [5.74, 6) is 0. The average molecular weight is 477 g/mol. The quantitative estimate of drug-likeness (QED) is 0.463. The van der Waals surface area contributed by atoms with Crippen LogP contribution >= 0.6 is 0 Å². The first kappa shape index (κ1) is 7.20. The molecule has 8 heavy (non-hydrogen) atoms. The van der Waals surface area contributed by atoms with E-state index >= 15 is 0 Å². The van der Waals surface area contributed by atoms with E-state index in [9.17, 15) is 0 Å². The summed E-state index contributed by atoms with van der Waals surface area (Å²) in [7, 11) is 0. The molecular formula is C6H4Hg2. The topological polar surface area (TPSA) is 0 Å². The van der Waals surface area contributed by atoms with Gasteiger partial charge in [-0.3, -0.25) is 0 Å². The summed E-state index contributed by atoms with van der Waals surface area (Å²) in [6, 6.07) is 8.95. The van der Waals surface area contributed by atoms with Crippen LogP contribution in [0, 0.1) is 0 Å². The molecule has 0 aromatic heterocycles. The van der Waals surface area contributed by atoms with Crippen LogP contribution in [0.4, 0.5) is 0 Å². The Kier molecular flexibility index (Phi) is 2.98. The Morgan fingerprint density at radius 1 is 1.00 bits per heavy atom. The molecule has 0 N–H and O–H groups in total. The molecule has 32 valence electrons. The molecule has 1 aromatic carbocycles. The second kappa shape index (κ2) is 3.31. The van der Waals surface area contributed by atoms with Crippen LogP contribution in [0.3, 0.4) is 0 Å². The van der Waals surface area contributed by atoms with Crippen LogP contribution in [-0.4, -0.2) is 0 Å². The van der Waals surface area contributed by atoms with Gasteiger partial charge in [-0.2, -0.15) is 0 Å². The molecule has 0 bridgehead atoms. The van der Waals surface area contributed by atoms with Gasteiger partial charge in [0, 0.05) is 0 Å². The summed E-state index contributed by atoms with van der Waals surface area (Å²) in [6.45, 7) is 0. The van der Waals surface area contributed by atoms with Gasteiger partial charge in [-0.1, -0.05) is 0 Å². The van der Waals surface area contributed by atoms with E-state index in [1.807, 2.05) is 0 Å². The van der Waals surface area contributed by atoms with Gasteiger partial charge in [-0.15, -0.1) is 0 Å². The molecule has 0 aliphatic rings. The van der Waals surface area contributed by atoms with Gasteiger partial charge in [-0.25, -0.2) is 0 Å². The van der Waals surface area contributed by atoms with Crippen LogP contribution in [0.25, 0.3) is 0 Å². The molecular weight excluding hydrogens is 473 g/mol. The Labute approximate surface area is 81.6 Å². The van der Waals surface area contributed by atoms with Gasteiger partial charge in [0.05, 0.1) is 0 Å². The first-order valence-corrected chi connectivity index (χ1v) is 8.03. The molecule has 2 heteroatoms. The van der Waals surface area contributed by atoms with E-state index in [1.165, 1.54) is 0 Å². The van der Waals surface area contributed by atoms with Gasteiger partial charge >= 0.3 is 82.7 Å². The molecule has 0 atom stereocenters. The number of benzene rings is 1. The summed E-state index contributed by atoms with van der Waals surface area (Å²) in [6.07, 6.45) is 0. The zero-order valence-electron chi connectivity index (χ0n) is 4.72. The molecule has 0 aliphatic heterocycles. The van der Waals surface area contributed by atoms with Crippen molar-refractivity contribution in [2.75, 3.05) is 0 Å². The predicted octanol–water partition coefficient (Wildman–Crippen LogP) is 0.0308. The normalized spacial score (nSPS) is 9.50. The summed E-state index contributed by atoms with van der Waals surface area (Å²) in [4.78, 5) is 0. The van der Waals surface area contributed by atoms with Crippen LogP contribution in [-0.2, 0) is 52.2 Å². The third-order valence-corrected chi connectivity index (χ3v) is 4.41. The van der Waals surface area contributed by atoms with E-state index in [1.54, 1.807) is 6.14 Å². The maximum atomic E-state index is 2.34. The second-order valence-corrected chi connectivity index (χ2v) is 8.17. The van der Waals surface area contributed by atoms with Crippen molar-refractivity contribution in [1.82, 2.24) is 0 Å². The Hall–Kier alpha value is 1.09. The molecule has 1 rings (SSSR count). The van der Waals surface area contributed by atoms with Gasteiger partial charge in [-0.05, 0) is 0 Å². The summed E-state index contributed by atoms with van der Waals surface area (Å²) >= 11 is 1.66. The molecule has 0 saturated heterocycles. The Balaban J connectivity index is 3.08. The third-order valence-electron chi connectivity index (χ3n) is 0.991. The van der Waals surface area contributed by atoms with Gasteiger partial charge < -0.3 is 0 Å². The van der Waals surface area contributed by atoms with Crippen molar-refractivity contribution in [1.29, 1.82) is 0 Å². The Bertz CT molecular complexity index is 166. The van der Waals surface area contributed by atoms with Crippen LogP contribution < -0.4 is 6.14 Å². The van der Waals surface area contributed by atoms with E-state index in [0.717, 1.165) is 52.2 Å². The van der Waals surface area contributed by atoms with Crippen molar-refractivity contribution in [3.8, 4) is 0 Å². The fourth-order valence-electron chi connectivity index (χ4n) is 0.630. The number of rotatable bonds is 0. The van der Waals surface area contributed by atoms with E-state index in [4.69, 9.17) is 0 Å². The third kappa shape index (κ3) is 2.14. The summed E-state index contributed by atoms with van der Waals surface area (Å²) < 4.78 is 3.16. The molecule has 0 aliphatic carbocycles. The fraction of sp³-hybridized carbons (Fsp3) is 0. The summed E-state index contributed by atoms with van der Waals surface area (Å²) in [5, 5.41) is 0. The predicted molar refractivity (Wildman–Crippen MR) is 25.7 cm³/mol. The van der Waals surface area contributed by atoms with E-state index in [2.05, 4.69) is 24.3 Å². The molecule has 1 aromatic rings. The van der Waals surface area contributed by atoms with Crippen molar-refractivity contribution < 1.29 is 52.2 Å². The van der Waals surface area contributed by atoms with Crippen LogP contribution in [0.2, 0.25) is 0 Å². The van der Waals surface area contributed by atoms with Crippen molar-refractivity contribution in [3.63, 3.8) is 0 Å². The second-order valence-electron chi connectivity index (χ2n) is 1.82. The van der Waals surface area contributed by atoms with Crippen LogP contribution in [0.1, 0.15) is 0 Å². The Morgan fingerprint density at radius 3 is 1.75 bits per heavy atom. The minimum atomic E-state index is 0.831. The molecule has 0 unspecified atom stereocenters. The number of hydrogen-bond acceptors (Lipinski definition) is 0. The zero-order chi connectivity index (χ0) is 5.98. The zero-order valence-corrected chi connectivity index (χ0v) is 15.7. The van der Waals surface area contributed by atoms with Crippen molar-refractivity contribution in [2.24, 2.45) is 0 Å². The fourth-order valence-corrected chi connectivity index (χ4v) is 8.09. The van der Waals surface area contributed by atoms with E-state index in [-0.39, 0.29) is 0 Å². The Morgan fingerprint density at radius 2 is 1.50 bits per heavy atom. The molecule has 0 amide bonds. The molecule has 0 nitrogen and oxygen atoms in total. The first-order valence-electron chi connectivity index (χ1n) is 2.53. The molecule has 0 fully saturated rings. The SMILES string of the molecule is [Hg][c]1ccc[c]([Hg])c1. The minimum absolute atomic E-state index is 0.831.